The largest absolute Gasteiger partial charge is 0.364 e. The number of hydrogen-bond donors (Lipinski definition) is 0. The Bertz CT molecular complexity index is 3050. The van der Waals surface area contributed by atoms with Crippen molar-refractivity contribution < 1.29 is 42.7 Å². The molecule has 0 aliphatic heterocycles. The number of aromatic nitrogens is 9. The van der Waals surface area contributed by atoms with Gasteiger partial charge in [0.05, 0.1) is 22.8 Å². The van der Waals surface area contributed by atoms with Crippen molar-refractivity contribution in [2.45, 2.75) is 20.8 Å². The number of pyridine rings is 9. The fraction of sp³-hybridized carbons (Fsp3) is 0.0545. The smallest absolute Gasteiger partial charge is 0.207 e. The zero-order valence-corrected chi connectivity index (χ0v) is 39.8. The molecule has 9 rings (SSSR count). The fourth-order valence-corrected chi connectivity index (χ4v) is 6.36. The minimum atomic E-state index is 0. The van der Waals surface area contributed by atoms with Crippen LogP contribution in [0.5, 0.6) is 0 Å². The van der Waals surface area contributed by atoms with Crippen LogP contribution in [-0.4, -0.2) is 39.9 Å². The minimum Gasteiger partial charge on any atom is -0.364 e. The average Bonchev–Trinajstić information content (AvgIpc) is 3.34. The maximum atomic E-state index is 4.45. The van der Waals surface area contributed by atoms with Gasteiger partial charge in [0.25, 0.3) is 0 Å². The molecule has 1 radical (unpaired) electrons. The second-order valence-electron chi connectivity index (χ2n) is 14.1. The van der Waals surface area contributed by atoms with E-state index in [0.29, 0.717) is 0 Å². The van der Waals surface area contributed by atoms with Gasteiger partial charge in [-0.3, -0.25) is 34.9 Å². The summed E-state index contributed by atoms with van der Waals surface area (Å²) >= 11 is 2.25. The van der Waals surface area contributed by atoms with Gasteiger partial charge in [-0.2, -0.15) is 0 Å². The van der Waals surface area contributed by atoms with Gasteiger partial charge in [0.1, 0.15) is 11.9 Å². The van der Waals surface area contributed by atoms with Crippen LogP contribution in [0.4, 0.5) is 0 Å². The number of rotatable bonds is 3. The molecule has 0 aliphatic carbocycles. The van der Waals surface area contributed by atoms with E-state index in [1.54, 1.807) is 62.0 Å². The predicted molar refractivity (Wildman–Crippen MR) is 251 cm³/mol. The molecule has 11 heteroatoms. The first kappa shape index (κ1) is 49.3. The maximum absolute atomic E-state index is 4.45. The molecule has 66 heavy (non-hydrogen) atoms. The van der Waals surface area contributed by atoms with Crippen LogP contribution in [0.25, 0.3) is 34.2 Å². The minimum absolute atomic E-state index is 0. The molecule has 9 heterocycles. The first-order valence-electron chi connectivity index (χ1n) is 20.0. The molecule has 0 saturated carbocycles. The molecule has 0 aliphatic rings. The van der Waals surface area contributed by atoms with E-state index in [0.717, 1.165) is 78.7 Å². The standard InChI is InChI=1S/C18H13IN3.2C18H13N3.CH3.Fe/c1-14-4-10-21-17(12-14)18-13-16(7-11-22(18)19)3-2-15-5-8-20-9-6-15;2*1-14-4-10-20-17(12-14)18-13-16(7-11-21-18)3-2-15-5-8-19-9-6-15;;/h4-13H,1H3;2*4-13H,1H3;1H3;/q;;;-1;. The van der Waals surface area contributed by atoms with Crippen LogP contribution >= 0.6 is 0 Å². The molecule has 0 N–H and O–H groups in total. The first-order chi connectivity index (χ1) is 31.3. The van der Waals surface area contributed by atoms with Crippen molar-refractivity contribution in [2.24, 2.45) is 0 Å². The van der Waals surface area contributed by atoms with Gasteiger partial charge in [0.15, 0.2) is 0 Å². The van der Waals surface area contributed by atoms with Gasteiger partial charge < -0.3 is 33.1 Å². The second kappa shape index (κ2) is 25.5. The normalized spacial score (nSPS) is 9.52. The molecule has 0 unspecified atom stereocenters. The molecule has 9 aromatic heterocycles. The Balaban J connectivity index is 0.000000183. The van der Waals surface area contributed by atoms with Crippen LogP contribution < -0.4 is 25.6 Å². The SMILES string of the molecule is Cc1ccnc(-c2cc(C#Cc3ccncc3)cc[n+]2[I-])c1.Cc1ccnc(-c2cc(C#Cc3ccncc3)ccn2)c1.Cc1ccnc(-c2cc(C#Cc3ccncc3)ccn2)c1.[CH3-].[Fe]. The molecule has 0 amide bonds. The van der Waals surface area contributed by atoms with Crippen LogP contribution in [0.1, 0.15) is 50.1 Å². The van der Waals surface area contributed by atoms with E-state index in [2.05, 4.69) is 117 Å². The molecule has 9 nitrogen and oxygen atoms in total. The zero-order valence-electron chi connectivity index (χ0n) is 36.6. The van der Waals surface area contributed by atoms with E-state index in [4.69, 9.17) is 0 Å². The van der Waals surface area contributed by atoms with Crippen LogP contribution in [0.15, 0.2) is 184 Å². The van der Waals surface area contributed by atoms with E-state index < -0.39 is 0 Å². The summed E-state index contributed by atoms with van der Waals surface area (Å²) in [6, 6.07) is 35.1. The molecule has 0 fully saturated rings. The Morgan fingerprint density at radius 3 is 1.02 bits per heavy atom. The van der Waals surface area contributed by atoms with Crippen molar-refractivity contribution in [1.29, 1.82) is 0 Å². The summed E-state index contributed by atoms with van der Waals surface area (Å²) in [5, 5.41) is 0. The number of nitrogens with zero attached hydrogens (tertiary/aromatic N) is 9. The quantitative estimate of drug-likeness (QED) is 0.0868. The molecule has 323 valence electrons. The summed E-state index contributed by atoms with van der Waals surface area (Å²) in [6.07, 6.45) is 21.4. The Kier molecular flexibility index (Phi) is 19.1. The van der Waals surface area contributed by atoms with Gasteiger partial charge in [0.2, 0.25) is 5.69 Å². The van der Waals surface area contributed by atoms with Gasteiger partial charge in [-0.1, -0.05) is 35.5 Å². The third-order valence-electron chi connectivity index (χ3n) is 9.06. The number of halogens is 1. The summed E-state index contributed by atoms with van der Waals surface area (Å²) in [7, 11) is 0. The zero-order chi connectivity index (χ0) is 44.4. The van der Waals surface area contributed by atoms with Gasteiger partial charge in [0, 0.05) is 131 Å². The predicted octanol–water partition coefficient (Wildman–Crippen LogP) is 6.40. The maximum Gasteiger partial charge on any atom is 0.207 e. The van der Waals surface area contributed by atoms with Gasteiger partial charge >= 0.3 is 0 Å². The van der Waals surface area contributed by atoms with E-state index >= 15 is 0 Å². The second-order valence-corrected chi connectivity index (χ2v) is 15.1. The van der Waals surface area contributed by atoms with Gasteiger partial charge in [-0.15, -0.1) is 0 Å². The molecule has 0 atom stereocenters. The van der Waals surface area contributed by atoms with Crippen molar-refractivity contribution in [3.05, 3.63) is 241 Å². The molecular weight excluding hydrogens is 969 g/mol. The molecule has 0 spiro atoms. The summed E-state index contributed by atoms with van der Waals surface area (Å²) in [5.74, 6) is 18.8. The van der Waals surface area contributed by atoms with E-state index in [1.165, 1.54) is 5.56 Å². The topological polar surface area (TPSA) is 107 Å². The Hall–Kier alpha value is -7.72. The van der Waals surface area contributed by atoms with Crippen molar-refractivity contribution in [3.63, 3.8) is 0 Å². The fourth-order valence-electron chi connectivity index (χ4n) is 5.81. The molecule has 9 aromatic rings. The van der Waals surface area contributed by atoms with Crippen molar-refractivity contribution >= 4 is 0 Å². The van der Waals surface area contributed by atoms with Crippen LogP contribution in [0.2, 0.25) is 0 Å². The third-order valence-corrected chi connectivity index (χ3v) is 9.90. The first-order valence-corrected chi connectivity index (χ1v) is 21.0. The molecule has 0 saturated heterocycles. The Labute approximate surface area is 411 Å². The number of aryl methyl sites for hydroxylation is 3. The summed E-state index contributed by atoms with van der Waals surface area (Å²) in [6.45, 7) is 6.15. The van der Waals surface area contributed by atoms with Gasteiger partial charge in [-0.25, -0.2) is 4.98 Å². The number of hydrogen-bond acceptors (Lipinski definition) is 8. The average molecular weight is 1010 g/mol. The molecule has 0 aromatic carbocycles. The Morgan fingerprint density at radius 2 is 0.636 bits per heavy atom. The monoisotopic (exact) mass is 1010 g/mol. The molecule has 0 bridgehead atoms. The summed E-state index contributed by atoms with van der Waals surface area (Å²) in [4.78, 5) is 33.8. The Morgan fingerprint density at radius 1 is 0.348 bits per heavy atom. The van der Waals surface area contributed by atoms with E-state index in [1.807, 2.05) is 126 Å². The summed E-state index contributed by atoms with van der Waals surface area (Å²) in [5.41, 5.74) is 14.5. The van der Waals surface area contributed by atoms with E-state index in [-0.39, 0.29) is 24.5 Å². The third kappa shape index (κ3) is 15.2. The van der Waals surface area contributed by atoms with Crippen LogP contribution in [0.3, 0.4) is 0 Å². The van der Waals surface area contributed by atoms with Crippen LogP contribution in [0, 0.1) is 63.7 Å². The van der Waals surface area contributed by atoms with Gasteiger partial charge in [-0.05, 0) is 135 Å². The molecular formula is C55H42FeIN9-. The summed E-state index contributed by atoms with van der Waals surface area (Å²) < 4.78 is 2.02. The van der Waals surface area contributed by atoms with Crippen molar-refractivity contribution in [1.82, 2.24) is 39.9 Å². The van der Waals surface area contributed by atoms with Crippen LogP contribution in [-0.2, 0) is 17.1 Å². The van der Waals surface area contributed by atoms with Crippen molar-refractivity contribution in [2.75, 3.05) is 0 Å². The van der Waals surface area contributed by atoms with E-state index in [9.17, 15) is 0 Å². The van der Waals surface area contributed by atoms with Crippen molar-refractivity contribution in [3.8, 4) is 69.7 Å².